The van der Waals surface area contributed by atoms with Crippen LogP contribution in [0.15, 0.2) is 46.7 Å². The van der Waals surface area contributed by atoms with E-state index in [9.17, 15) is 4.79 Å². The van der Waals surface area contributed by atoms with Gasteiger partial charge in [-0.2, -0.15) is 0 Å². The summed E-state index contributed by atoms with van der Waals surface area (Å²) in [7, 11) is 0. The molecule has 4 rings (SSSR count). The van der Waals surface area contributed by atoms with E-state index in [0.29, 0.717) is 6.42 Å². The van der Waals surface area contributed by atoms with Crippen LogP contribution >= 0.6 is 11.3 Å². The summed E-state index contributed by atoms with van der Waals surface area (Å²) in [6.07, 6.45) is 7.19. The van der Waals surface area contributed by atoms with Crippen LogP contribution in [0.25, 0.3) is 10.8 Å². The maximum Gasteiger partial charge on any atom is 0.226 e. The summed E-state index contributed by atoms with van der Waals surface area (Å²) in [6.45, 7) is 1.68. The summed E-state index contributed by atoms with van der Waals surface area (Å²) < 4.78 is 5.34. The quantitative estimate of drug-likeness (QED) is 0.744. The summed E-state index contributed by atoms with van der Waals surface area (Å²) in [5.74, 6) is 1.50. The van der Waals surface area contributed by atoms with Crippen LogP contribution in [0.3, 0.4) is 0 Å². The van der Waals surface area contributed by atoms with E-state index in [1.54, 1.807) is 18.7 Å². The third kappa shape index (κ3) is 3.91. The molecule has 1 aliphatic rings. The number of hydrogen-bond acceptors (Lipinski definition) is 7. The van der Waals surface area contributed by atoms with E-state index in [1.165, 1.54) is 11.3 Å². The number of aromatic nitrogens is 3. The highest BCUT2D eigenvalue weighted by atomic mass is 32.1. The van der Waals surface area contributed by atoms with Crippen molar-refractivity contribution in [1.29, 1.82) is 0 Å². The fraction of sp³-hybridized carbons (Fsp3) is 0.333. The van der Waals surface area contributed by atoms with Crippen LogP contribution in [-0.4, -0.2) is 40.0 Å². The second kappa shape index (κ2) is 7.65. The lowest BCUT2D eigenvalue weighted by molar-refractivity contribution is -0.121. The Labute approximate surface area is 155 Å². The van der Waals surface area contributed by atoms with Gasteiger partial charge in [0.1, 0.15) is 0 Å². The number of anilines is 1. The van der Waals surface area contributed by atoms with Gasteiger partial charge in [-0.15, -0.1) is 11.3 Å². The molecule has 0 aromatic carbocycles. The standard InChI is InChI=1S/C18H19N5O2S/c24-16(11-14-12-26-17(22-14)15-3-1-10-25-15)21-13-4-8-23(9-5-13)18-19-6-2-7-20-18/h1-3,6-7,10,12-13H,4-5,8-9,11H2,(H,21,24). The average Bonchev–Trinajstić information content (AvgIpc) is 3.35. The summed E-state index contributed by atoms with van der Waals surface area (Å²) in [5, 5.41) is 5.83. The first-order valence-corrected chi connectivity index (χ1v) is 9.45. The molecule has 1 aliphatic heterocycles. The minimum atomic E-state index is 0.00991. The van der Waals surface area contributed by atoms with Crippen LogP contribution in [0.5, 0.6) is 0 Å². The number of rotatable bonds is 5. The first-order valence-electron chi connectivity index (χ1n) is 8.57. The van der Waals surface area contributed by atoms with Crippen molar-refractivity contribution in [3.05, 3.63) is 47.9 Å². The first-order chi connectivity index (χ1) is 12.8. The molecule has 0 radical (unpaired) electrons. The highest BCUT2D eigenvalue weighted by Crippen LogP contribution is 2.24. The number of carbonyl (C=O) groups is 1. The molecule has 1 saturated heterocycles. The number of thiazole rings is 1. The lowest BCUT2D eigenvalue weighted by atomic mass is 10.1. The molecular weight excluding hydrogens is 350 g/mol. The lowest BCUT2D eigenvalue weighted by Gasteiger charge is -2.32. The molecule has 26 heavy (non-hydrogen) atoms. The Hall–Kier alpha value is -2.74. The second-order valence-electron chi connectivity index (χ2n) is 6.18. The molecular formula is C18H19N5O2S. The molecule has 0 aliphatic carbocycles. The van der Waals surface area contributed by atoms with Crippen molar-refractivity contribution in [3.63, 3.8) is 0 Å². The van der Waals surface area contributed by atoms with Gasteiger partial charge in [-0.25, -0.2) is 15.0 Å². The molecule has 7 nitrogen and oxygen atoms in total. The zero-order chi connectivity index (χ0) is 17.8. The molecule has 0 bridgehead atoms. The molecule has 1 fully saturated rings. The van der Waals surface area contributed by atoms with Gasteiger partial charge in [0.05, 0.1) is 18.4 Å². The summed E-state index contributed by atoms with van der Waals surface area (Å²) in [5.41, 5.74) is 0.772. The monoisotopic (exact) mass is 369 g/mol. The second-order valence-corrected chi connectivity index (χ2v) is 7.03. The third-order valence-corrected chi connectivity index (χ3v) is 5.23. The van der Waals surface area contributed by atoms with E-state index in [1.807, 2.05) is 23.6 Å². The topological polar surface area (TPSA) is 84.2 Å². The predicted octanol–water partition coefficient (Wildman–Crippen LogP) is 2.52. The lowest BCUT2D eigenvalue weighted by Crippen LogP contribution is -2.45. The number of carbonyl (C=O) groups excluding carboxylic acids is 1. The Balaban J connectivity index is 1.27. The highest BCUT2D eigenvalue weighted by molar-refractivity contribution is 7.13. The van der Waals surface area contributed by atoms with Crippen LogP contribution in [0.2, 0.25) is 0 Å². The Kier molecular flexibility index (Phi) is 4.92. The number of piperidine rings is 1. The van der Waals surface area contributed by atoms with E-state index < -0.39 is 0 Å². The Bertz CT molecular complexity index is 842. The van der Waals surface area contributed by atoms with Crippen LogP contribution in [-0.2, 0) is 11.2 Å². The van der Waals surface area contributed by atoms with Gasteiger partial charge in [-0.1, -0.05) is 0 Å². The van der Waals surface area contributed by atoms with Crippen LogP contribution in [0.4, 0.5) is 5.95 Å². The summed E-state index contributed by atoms with van der Waals surface area (Å²) in [6, 6.07) is 5.69. The zero-order valence-corrected chi connectivity index (χ0v) is 15.0. The van der Waals surface area contributed by atoms with E-state index in [4.69, 9.17) is 4.42 Å². The van der Waals surface area contributed by atoms with Crippen molar-refractivity contribution in [1.82, 2.24) is 20.3 Å². The molecule has 4 heterocycles. The van der Waals surface area contributed by atoms with Gasteiger partial charge in [0.15, 0.2) is 10.8 Å². The van der Waals surface area contributed by atoms with Crippen LogP contribution in [0, 0.1) is 0 Å². The SMILES string of the molecule is O=C(Cc1csc(-c2ccco2)n1)NC1CCN(c2ncccn2)CC1. The fourth-order valence-electron chi connectivity index (χ4n) is 3.02. The molecule has 1 amide bonds. The van der Waals surface area contributed by atoms with Crippen LogP contribution < -0.4 is 10.2 Å². The third-order valence-electron chi connectivity index (χ3n) is 4.32. The normalized spacial score (nSPS) is 15.2. The number of hydrogen-bond donors (Lipinski definition) is 1. The van der Waals surface area contributed by atoms with Crippen molar-refractivity contribution in [2.24, 2.45) is 0 Å². The molecule has 3 aromatic rings. The maximum absolute atomic E-state index is 12.3. The van der Waals surface area contributed by atoms with Crippen molar-refractivity contribution >= 4 is 23.2 Å². The van der Waals surface area contributed by atoms with Crippen LogP contribution in [0.1, 0.15) is 18.5 Å². The fourth-order valence-corrected chi connectivity index (χ4v) is 3.81. The van der Waals surface area contributed by atoms with Gasteiger partial charge in [0, 0.05) is 36.9 Å². The van der Waals surface area contributed by atoms with Gasteiger partial charge in [0.2, 0.25) is 11.9 Å². The first kappa shape index (κ1) is 16.7. The van der Waals surface area contributed by atoms with E-state index >= 15 is 0 Å². The Morgan fingerprint density at radius 3 is 2.81 bits per heavy atom. The maximum atomic E-state index is 12.3. The van der Waals surface area contributed by atoms with Gasteiger partial charge < -0.3 is 14.6 Å². The summed E-state index contributed by atoms with van der Waals surface area (Å²) >= 11 is 1.49. The summed E-state index contributed by atoms with van der Waals surface area (Å²) in [4.78, 5) is 27.5. The molecule has 8 heteroatoms. The molecule has 0 spiro atoms. The molecule has 134 valence electrons. The number of furan rings is 1. The van der Waals surface area contributed by atoms with E-state index in [0.717, 1.165) is 48.3 Å². The number of nitrogens with zero attached hydrogens (tertiary/aromatic N) is 4. The molecule has 1 N–H and O–H groups in total. The predicted molar refractivity (Wildman–Crippen MR) is 98.9 cm³/mol. The van der Waals surface area contributed by atoms with E-state index in [-0.39, 0.29) is 11.9 Å². The minimum Gasteiger partial charge on any atom is -0.462 e. The largest absolute Gasteiger partial charge is 0.462 e. The molecule has 0 saturated carbocycles. The minimum absolute atomic E-state index is 0.00991. The smallest absolute Gasteiger partial charge is 0.226 e. The zero-order valence-electron chi connectivity index (χ0n) is 14.2. The number of amides is 1. The van der Waals surface area contributed by atoms with Gasteiger partial charge in [0.25, 0.3) is 0 Å². The van der Waals surface area contributed by atoms with Gasteiger partial charge in [-0.05, 0) is 31.0 Å². The van der Waals surface area contributed by atoms with Crippen molar-refractivity contribution in [2.75, 3.05) is 18.0 Å². The van der Waals surface area contributed by atoms with E-state index in [2.05, 4.69) is 25.2 Å². The average molecular weight is 369 g/mol. The van der Waals surface area contributed by atoms with Crippen molar-refractivity contribution < 1.29 is 9.21 Å². The molecule has 0 atom stereocenters. The van der Waals surface area contributed by atoms with Crippen molar-refractivity contribution in [2.45, 2.75) is 25.3 Å². The van der Waals surface area contributed by atoms with Gasteiger partial charge in [-0.3, -0.25) is 4.79 Å². The highest BCUT2D eigenvalue weighted by Gasteiger charge is 2.22. The Morgan fingerprint density at radius 2 is 2.08 bits per heavy atom. The number of nitrogens with one attached hydrogen (secondary N) is 1. The molecule has 3 aromatic heterocycles. The van der Waals surface area contributed by atoms with Gasteiger partial charge >= 0.3 is 0 Å². The Morgan fingerprint density at radius 1 is 1.27 bits per heavy atom. The molecule has 0 unspecified atom stereocenters. The van der Waals surface area contributed by atoms with Crippen molar-refractivity contribution in [3.8, 4) is 10.8 Å².